The van der Waals surface area contributed by atoms with Crippen LogP contribution in [0.15, 0.2) is 77.6 Å². The fraction of sp³-hybridized carbons (Fsp3) is 0.276. The molecular formula is C29H30N4O3. The maximum absolute atomic E-state index is 13.6. The van der Waals surface area contributed by atoms with Crippen molar-refractivity contribution >= 4 is 22.8 Å². The summed E-state index contributed by atoms with van der Waals surface area (Å²) in [6.45, 7) is 5.10. The summed E-state index contributed by atoms with van der Waals surface area (Å²) in [5.74, 6) is 1.23. The van der Waals surface area contributed by atoms with Gasteiger partial charge in [0.15, 0.2) is 0 Å². The van der Waals surface area contributed by atoms with E-state index in [1.165, 1.54) is 0 Å². The van der Waals surface area contributed by atoms with Crippen LogP contribution in [0.2, 0.25) is 0 Å². The van der Waals surface area contributed by atoms with Gasteiger partial charge in [0.1, 0.15) is 5.75 Å². The molecule has 1 amide bonds. The molecule has 0 atom stereocenters. The summed E-state index contributed by atoms with van der Waals surface area (Å²) in [6.07, 6.45) is 2.15. The third-order valence-electron chi connectivity index (χ3n) is 6.43. The Balaban J connectivity index is 1.44. The highest BCUT2D eigenvalue weighted by molar-refractivity contribution is 5.97. The van der Waals surface area contributed by atoms with Gasteiger partial charge in [-0.15, -0.1) is 0 Å². The second-order valence-electron chi connectivity index (χ2n) is 8.98. The van der Waals surface area contributed by atoms with Crippen molar-refractivity contribution < 1.29 is 9.53 Å². The Labute approximate surface area is 210 Å². The number of hydrogen-bond acceptors (Lipinski definition) is 5. The number of nitrogens with zero attached hydrogens (tertiary/aromatic N) is 3. The summed E-state index contributed by atoms with van der Waals surface area (Å²) in [5, 5.41) is 3.47. The number of carbonyl (C=O) groups excluding carboxylic acids is 1. The second-order valence-corrected chi connectivity index (χ2v) is 8.98. The van der Waals surface area contributed by atoms with Crippen LogP contribution < -0.4 is 20.5 Å². The lowest BCUT2D eigenvalue weighted by molar-refractivity contribution is 0.0951. The number of amides is 1. The molecule has 2 heterocycles. The number of anilines is 1. The average molecular weight is 483 g/mol. The van der Waals surface area contributed by atoms with Gasteiger partial charge < -0.3 is 15.0 Å². The number of rotatable bonds is 8. The van der Waals surface area contributed by atoms with Crippen LogP contribution >= 0.6 is 0 Å². The number of hydrogen-bond donors (Lipinski definition) is 1. The molecule has 0 bridgehead atoms. The van der Waals surface area contributed by atoms with Crippen LogP contribution in [0.1, 0.15) is 41.3 Å². The third-order valence-corrected chi connectivity index (χ3v) is 6.43. The van der Waals surface area contributed by atoms with Crippen LogP contribution in [0.25, 0.3) is 10.9 Å². The van der Waals surface area contributed by atoms with Gasteiger partial charge in [0.05, 0.1) is 24.1 Å². The van der Waals surface area contributed by atoms with E-state index in [0.717, 1.165) is 42.8 Å². The summed E-state index contributed by atoms with van der Waals surface area (Å²) >= 11 is 0. The second kappa shape index (κ2) is 10.6. The first kappa shape index (κ1) is 23.6. The van der Waals surface area contributed by atoms with E-state index >= 15 is 0 Å². The topological polar surface area (TPSA) is 76.5 Å². The Morgan fingerprint density at radius 2 is 1.75 bits per heavy atom. The molecular weight excluding hydrogens is 452 g/mol. The third kappa shape index (κ3) is 5.10. The van der Waals surface area contributed by atoms with Crippen LogP contribution in [-0.4, -0.2) is 35.2 Å². The van der Waals surface area contributed by atoms with Crippen molar-refractivity contribution in [3.8, 4) is 5.75 Å². The zero-order valence-corrected chi connectivity index (χ0v) is 20.4. The number of ether oxygens (including phenoxy) is 1. The normalized spacial score (nSPS) is 13.2. The van der Waals surface area contributed by atoms with Crippen LogP contribution in [0.3, 0.4) is 0 Å². The molecule has 36 heavy (non-hydrogen) atoms. The van der Waals surface area contributed by atoms with E-state index in [1.54, 1.807) is 22.8 Å². The smallest absolute Gasteiger partial charge is 0.263 e. The molecule has 4 aromatic rings. The van der Waals surface area contributed by atoms with Crippen LogP contribution in [-0.2, 0) is 13.1 Å². The highest BCUT2D eigenvalue weighted by atomic mass is 16.5. The van der Waals surface area contributed by atoms with E-state index in [-0.39, 0.29) is 11.5 Å². The Hall–Kier alpha value is -4.13. The molecule has 0 radical (unpaired) electrons. The van der Waals surface area contributed by atoms with Gasteiger partial charge in [0, 0.05) is 25.2 Å². The first-order valence-electron chi connectivity index (χ1n) is 12.5. The maximum atomic E-state index is 13.6. The minimum Gasteiger partial charge on any atom is -0.494 e. The zero-order chi connectivity index (χ0) is 24.9. The minimum atomic E-state index is -0.211. The Bertz CT molecular complexity index is 1430. The number of nitrogens with one attached hydrogen (secondary N) is 1. The molecule has 7 nitrogen and oxygen atoms in total. The molecule has 1 aliphatic heterocycles. The molecule has 1 fully saturated rings. The Morgan fingerprint density at radius 3 is 2.53 bits per heavy atom. The van der Waals surface area contributed by atoms with E-state index in [0.29, 0.717) is 42.1 Å². The van der Waals surface area contributed by atoms with E-state index in [9.17, 15) is 9.59 Å². The minimum absolute atomic E-state index is 0.0922. The maximum Gasteiger partial charge on any atom is 0.263 e. The molecule has 184 valence electrons. The summed E-state index contributed by atoms with van der Waals surface area (Å²) in [4.78, 5) is 33.6. The van der Waals surface area contributed by atoms with Crippen LogP contribution in [0.4, 0.5) is 5.95 Å². The van der Waals surface area contributed by atoms with Crippen molar-refractivity contribution in [3.05, 3.63) is 99.8 Å². The van der Waals surface area contributed by atoms with E-state index in [1.807, 2.05) is 61.5 Å². The molecule has 0 aliphatic carbocycles. The lowest BCUT2D eigenvalue weighted by atomic mass is 10.1. The molecule has 0 spiro atoms. The highest BCUT2D eigenvalue weighted by Gasteiger charge is 2.21. The van der Waals surface area contributed by atoms with Gasteiger partial charge in [-0.1, -0.05) is 42.5 Å². The SMILES string of the molecule is CCOc1cccc(CNC(=O)c2ccc3c(=O)n(Cc4ccccc4)c(N4CCCC4)nc3c2)c1. The van der Waals surface area contributed by atoms with Gasteiger partial charge in [-0.2, -0.15) is 0 Å². The molecule has 1 saturated heterocycles. The number of fused-ring (bicyclic) bond motifs is 1. The molecule has 3 aromatic carbocycles. The predicted molar refractivity (Wildman–Crippen MR) is 142 cm³/mol. The Morgan fingerprint density at radius 1 is 0.972 bits per heavy atom. The number of benzene rings is 3. The molecule has 0 saturated carbocycles. The monoisotopic (exact) mass is 482 g/mol. The van der Waals surface area contributed by atoms with Crippen molar-refractivity contribution in [1.82, 2.24) is 14.9 Å². The lowest BCUT2D eigenvalue weighted by Crippen LogP contribution is -2.31. The largest absolute Gasteiger partial charge is 0.494 e. The number of carbonyl (C=O) groups is 1. The van der Waals surface area contributed by atoms with Gasteiger partial charge in [-0.3, -0.25) is 14.2 Å². The molecule has 5 rings (SSSR count). The molecule has 1 aliphatic rings. The van der Waals surface area contributed by atoms with Crippen molar-refractivity contribution in [3.63, 3.8) is 0 Å². The molecule has 7 heteroatoms. The Kier molecular flexibility index (Phi) is 6.98. The summed E-state index contributed by atoms with van der Waals surface area (Å²) in [7, 11) is 0. The zero-order valence-electron chi connectivity index (χ0n) is 20.4. The lowest BCUT2D eigenvalue weighted by Gasteiger charge is -2.22. The van der Waals surface area contributed by atoms with Gasteiger partial charge in [-0.25, -0.2) is 4.98 Å². The fourth-order valence-electron chi connectivity index (χ4n) is 4.61. The first-order chi connectivity index (χ1) is 17.6. The van der Waals surface area contributed by atoms with Crippen molar-refractivity contribution in [2.24, 2.45) is 0 Å². The number of aromatic nitrogens is 2. The van der Waals surface area contributed by atoms with Crippen molar-refractivity contribution in [2.45, 2.75) is 32.9 Å². The van der Waals surface area contributed by atoms with E-state index in [2.05, 4.69) is 10.2 Å². The van der Waals surface area contributed by atoms with Gasteiger partial charge in [-0.05, 0) is 61.2 Å². The van der Waals surface area contributed by atoms with E-state index < -0.39 is 0 Å². The summed E-state index contributed by atoms with van der Waals surface area (Å²) in [5.41, 5.74) is 2.92. The first-order valence-corrected chi connectivity index (χ1v) is 12.5. The van der Waals surface area contributed by atoms with Crippen LogP contribution in [0, 0.1) is 0 Å². The van der Waals surface area contributed by atoms with Crippen LogP contribution in [0.5, 0.6) is 5.75 Å². The molecule has 1 N–H and O–H groups in total. The molecule has 0 unspecified atom stereocenters. The van der Waals surface area contributed by atoms with Gasteiger partial charge in [0.25, 0.3) is 11.5 Å². The van der Waals surface area contributed by atoms with Crippen molar-refractivity contribution in [2.75, 3.05) is 24.6 Å². The standard InChI is InChI=1S/C29H30N4O3/c1-2-36-24-12-8-11-22(17-24)19-30-27(34)23-13-14-25-26(18-23)31-29(32-15-6-7-16-32)33(28(25)35)20-21-9-4-3-5-10-21/h3-5,8-14,17-18H,2,6-7,15-16,19-20H2,1H3,(H,30,34). The van der Waals surface area contributed by atoms with Crippen molar-refractivity contribution in [1.29, 1.82) is 0 Å². The van der Waals surface area contributed by atoms with E-state index in [4.69, 9.17) is 9.72 Å². The quantitative estimate of drug-likeness (QED) is 0.404. The summed E-state index contributed by atoms with van der Waals surface area (Å²) < 4.78 is 7.30. The predicted octanol–water partition coefficient (Wildman–Crippen LogP) is 4.37. The highest BCUT2D eigenvalue weighted by Crippen LogP contribution is 2.22. The molecule has 1 aromatic heterocycles. The fourth-order valence-corrected chi connectivity index (χ4v) is 4.61. The average Bonchev–Trinajstić information content (AvgIpc) is 3.44. The summed E-state index contributed by atoms with van der Waals surface area (Å²) in [6, 6.07) is 22.7. The van der Waals surface area contributed by atoms with Gasteiger partial charge >= 0.3 is 0 Å². The van der Waals surface area contributed by atoms with Gasteiger partial charge in [0.2, 0.25) is 5.95 Å².